The number of nitrogens with two attached hydrogens (primary N) is 1. The van der Waals surface area contributed by atoms with Crippen molar-refractivity contribution in [2.24, 2.45) is 5.73 Å². The Hall–Kier alpha value is -2.69. The van der Waals surface area contributed by atoms with E-state index in [0.29, 0.717) is 11.3 Å². The molecular weight excluding hydrogens is 278 g/mol. The molecule has 0 saturated heterocycles. The minimum atomic E-state index is -0.621. The number of rotatable bonds is 3. The number of anilines is 1. The molecule has 0 aliphatic heterocycles. The number of primary amides is 1. The van der Waals surface area contributed by atoms with Gasteiger partial charge in [-0.15, -0.1) is 0 Å². The lowest BCUT2D eigenvalue weighted by Gasteiger charge is -2.19. The summed E-state index contributed by atoms with van der Waals surface area (Å²) in [6.07, 6.45) is 1.33. The van der Waals surface area contributed by atoms with E-state index in [0.717, 1.165) is 0 Å². The molecule has 1 aromatic carbocycles. The normalized spacial score (nSPS) is 11.0. The minimum absolute atomic E-state index is 0.0665. The largest absolute Gasteiger partial charge is 0.364 e. The van der Waals surface area contributed by atoms with Crippen LogP contribution in [0.1, 0.15) is 47.2 Å². The molecule has 0 aliphatic rings. The molecule has 1 aromatic heterocycles. The quantitative estimate of drug-likeness (QED) is 0.913. The predicted octanol–water partition coefficient (Wildman–Crippen LogP) is 2.73. The molecule has 0 atom stereocenters. The first-order valence-electron chi connectivity index (χ1n) is 6.95. The van der Waals surface area contributed by atoms with Crippen LogP contribution in [0, 0.1) is 0 Å². The monoisotopic (exact) mass is 297 g/mol. The summed E-state index contributed by atoms with van der Waals surface area (Å²) in [5, 5.41) is 2.79. The van der Waals surface area contributed by atoms with E-state index in [1.165, 1.54) is 23.9 Å². The average molecular weight is 297 g/mol. The fourth-order valence-corrected chi connectivity index (χ4v) is 1.93. The highest BCUT2D eigenvalue weighted by Gasteiger charge is 2.13. The van der Waals surface area contributed by atoms with Crippen molar-refractivity contribution in [3.05, 3.63) is 59.4 Å². The maximum atomic E-state index is 12.1. The van der Waals surface area contributed by atoms with Gasteiger partial charge in [0.05, 0.1) is 5.56 Å². The topological polar surface area (TPSA) is 85.1 Å². The fraction of sp³-hybridized carbons (Fsp3) is 0.235. The Morgan fingerprint density at radius 2 is 1.68 bits per heavy atom. The van der Waals surface area contributed by atoms with Crippen molar-refractivity contribution < 1.29 is 9.59 Å². The van der Waals surface area contributed by atoms with Gasteiger partial charge in [-0.05, 0) is 35.2 Å². The minimum Gasteiger partial charge on any atom is -0.364 e. The molecule has 5 heteroatoms. The van der Waals surface area contributed by atoms with Crippen LogP contribution < -0.4 is 11.1 Å². The standard InChI is InChI=1S/C17H19N3O2/c1-17(2,3)12-5-7-13(8-6-12)20-16(22)11-4-9-14(15(18)21)19-10-11/h4-10H,1-3H3,(H2,18,21)(H,20,22). The Bertz CT molecular complexity index is 683. The zero-order valence-electron chi connectivity index (χ0n) is 12.9. The maximum Gasteiger partial charge on any atom is 0.267 e. The summed E-state index contributed by atoms with van der Waals surface area (Å²) in [6, 6.07) is 10.7. The molecule has 114 valence electrons. The van der Waals surface area contributed by atoms with E-state index >= 15 is 0 Å². The van der Waals surface area contributed by atoms with Crippen LogP contribution in [0.3, 0.4) is 0 Å². The van der Waals surface area contributed by atoms with Gasteiger partial charge in [-0.3, -0.25) is 14.6 Å². The summed E-state index contributed by atoms with van der Waals surface area (Å²) in [5.74, 6) is -0.906. The third kappa shape index (κ3) is 3.69. The van der Waals surface area contributed by atoms with Crippen molar-refractivity contribution in [3.8, 4) is 0 Å². The number of carbonyl (C=O) groups is 2. The number of carbonyl (C=O) groups excluding carboxylic acids is 2. The molecule has 2 rings (SSSR count). The molecule has 0 saturated carbocycles. The molecule has 0 spiro atoms. The smallest absolute Gasteiger partial charge is 0.267 e. The lowest BCUT2D eigenvalue weighted by atomic mass is 9.87. The SMILES string of the molecule is CC(C)(C)c1ccc(NC(=O)c2ccc(C(N)=O)nc2)cc1. The number of hydrogen-bond acceptors (Lipinski definition) is 3. The van der Waals surface area contributed by atoms with E-state index in [1.54, 1.807) is 0 Å². The summed E-state index contributed by atoms with van der Waals surface area (Å²) in [4.78, 5) is 26.9. The van der Waals surface area contributed by atoms with Crippen molar-refractivity contribution in [1.82, 2.24) is 4.98 Å². The van der Waals surface area contributed by atoms with Crippen molar-refractivity contribution in [2.45, 2.75) is 26.2 Å². The Kier molecular flexibility index (Phi) is 4.26. The molecule has 5 nitrogen and oxygen atoms in total. The van der Waals surface area contributed by atoms with Gasteiger partial charge in [0.2, 0.25) is 0 Å². The van der Waals surface area contributed by atoms with Gasteiger partial charge in [0, 0.05) is 11.9 Å². The molecule has 3 N–H and O–H groups in total. The van der Waals surface area contributed by atoms with Crippen molar-refractivity contribution in [2.75, 3.05) is 5.32 Å². The van der Waals surface area contributed by atoms with Crippen molar-refractivity contribution >= 4 is 17.5 Å². The van der Waals surface area contributed by atoms with Gasteiger partial charge in [-0.2, -0.15) is 0 Å². The molecule has 2 amide bonds. The molecule has 0 fully saturated rings. The summed E-state index contributed by atoms with van der Waals surface area (Å²) in [7, 11) is 0. The molecule has 0 bridgehead atoms. The first-order valence-corrected chi connectivity index (χ1v) is 6.95. The number of aromatic nitrogens is 1. The zero-order valence-corrected chi connectivity index (χ0v) is 12.9. The Morgan fingerprint density at radius 3 is 2.14 bits per heavy atom. The molecule has 22 heavy (non-hydrogen) atoms. The van der Waals surface area contributed by atoms with E-state index in [9.17, 15) is 9.59 Å². The summed E-state index contributed by atoms with van der Waals surface area (Å²) >= 11 is 0. The van der Waals surface area contributed by atoms with Gasteiger partial charge in [-0.25, -0.2) is 0 Å². The molecule has 1 heterocycles. The number of pyridine rings is 1. The van der Waals surface area contributed by atoms with Crippen LogP contribution in [-0.4, -0.2) is 16.8 Å². The van der Waals surface area contributed by atoms with Crippen LogP contribution in [0.5, 0.6) is 0 Å². The van der Waals surface area contributed by atoms with Crippen LogP contribution in [-0.2, 0) is 5.41 Å². The first-order chi connectivity index (χ1) is 10.3. The second-order valence-electron chi connectivity index (χ2n) is 6.08. The van der Waals surface area contributed by atoms with Crippen LogP contribution >= 0.6 is 0 Å². The van der Waals surface area contributed by atoms with E-state index in [1.807, 2.05) is 24.3 Å². The highest BCUT2D eigenvalue weighted by molar-refractivity contribution is 6.04. The van der Waals surface area contributed by atoms with E-state index < -0.39 is 5.91 Å². The van der Waals surface area contributed by atoms with Crippen LogP contribution in [0.25, 0.3) is 0 Å². The average Bonchev–Trinajstić information content (AvgIpc) is 2.47. The van der Waals surface area contributed by atoms with Crippen LogP contribution in [0.4, 0.5) is 5.69 Å². The Labute approximate surface area is 129 Å². The molecule has 0 radical (unpaired) electrons. The highest BCUT2D eigenvalue weighted by Crippen LogP contribution is 2.23. The van der Waals surface area contributed by atoms with E-state index in [-0.39, 0.29) is 17.0 Å². The second-order valence-corrected chi connectivity index (χ2v) is 6.08. The molecule has 0 aliphatic carbocycles. The van der Waals surface area contributed by atoms with Crippen molar-refractivity contribution in [3.63, 3.8) is 0 Å². The number of nitrogens with one attached hydrogen (secondary N) is 1. The number of hydrogen-bond donors (Lipinski definition) is 2. The fourth-order valence-electron chi connectivity index (χ4n) is 1.93. The third-order valence-electron chi connectivity index (χ3n) is 3.29. The summed E-state index contributed by atoms with van der Waals surface area (Å²) in [5.41, 5.74) is 7.57. The molecule has 0 unspecified atom stereocenters. The van der Waals surface area contributed by atoms with E-state index in [4.69, 9.17) is 5.73 Å². The lowest BCUT2D eigenvalue weighted by Crippen LogP contribution is -2.16. The Balaban J connectivity index is 2.10. The first kappa shape index (κ1) is 15.7. The Morgan fingerprint density at radius 1 is 1.05 bits per heavy atom. The second kappa shape index (κ2) is 5.97. The molecule has 2 aromatic rings. The molecular formula is C17H19N3O2. The predicted molar refractivity (Wildman–Crippen MR) is 85.9 cm³/mol. The van der Waals surface area contributed by atoms with Gasteiger partial charge in [0.15, 0.2) is 0 Å². The lowest BCUT2D eigenvalue weighted by molar-refractivity contribution is 0.0990. The van der Waals surface area contributed by atoms with Gasteiger partial charge < -0.3 is 11.1 Å². The van der Waals surface area contributed by atoms with Gasteiger partial charge in [0.25, 0.3) is 11.8 Å². The van der Waals surface area contributed by atoms with Gasteiger partial charge in [0.1, 0.15) is 5.69 Å². The summed E-state index contributed by atoms with van der Waals surface area (Å²) < 4.78 is 0. The number of benzene rings is 1. The number of amides is 2. The van der Waals surface area contributed by atoms with Gasteiger partial charge in [-0.1, -0.05) is 32.9 Å². The maximum absolute atomic E-state index is 12.1. The highest BCUT2D eigenvalue weighted by atomic mass is 16.2. The number of nitrogens with zero attached hydrogens (tertiary/aromatic N) is 1. The zero-order chi connectivity index (χ0) is 16.3. The third-order valence-corrected chi connectivity index (χ3v) is 3.29. The summed E-state index contributed by atoms with van der Waals surface area (Å²) in [6.45, 7) is 6.39. The van der Waals surface area contributed by atoms with Crippen LogP contribution in [0.15, 0.2) is 42.6 Å². The van der Waals surface area contributed by atoms with Crippen LogP contribution in [0.2, 0.25) is 0 Å². The van der Waals surface area contributed by atoms with E-state index in [2.05, 4.69) is 31.1 Å². The van der Waals surface area contributed by atoms with Crippen molar-refractivity contribution in [1.29, 1.82) is 0 Å². The van der Waals surface area contributed by atoms with Gasteiger partial charge >= 0.3 is 0 Å².